The van der Waals surface area contributed by atoms with Crippen molar-refractivity contribution < 1.29 is 8.83 Å². The molecule has 0 bridgehead atoms. The number of benzene rings is 24. The van der Waals surface area contributed by atoms with Gasteiger partial charge < -0.3 is 8.83 Å². The van der Waals surface area contributed by atoms with E-state index in [1.165, 1.54) is 202 Å². The minimum absolute atomic E-state index is 0.896. The normalized spacial score (nSPS) is 12.4. The molecule has 664 valence electrons. The molecule has 10 nitrogen and oxygen atoms in total. The number of furan rings is 2. The van der Waals surface area contributed by atoms with Gasteiger partial charge in [-0.1, -0.05) is 315 Å². The van der Waals surface area contributed by atoms with Gasteiger partial charge in [0.15, 0.2) is 0 Å². The highest BCUT2D eigenvalue weighted by Crippen LogP contribution is 2.52. The van der Waals surface area contributed by atoms with Gasteiger partial charge in [0.2, 0.25) is 0 Å². The smallest absolute Gasteiger partial charge is 0.147 e. The van der Waals surface area contributed by atoms with E-state index in [4.69, 9.17) is 28.8 Å². The van der Waals surface area contributed by atoms with Crippen LogP contribution in [0.15, 0.2) is 446 Å². The van der Waals surface area contributed by atoms with E-state index < -0.39 is 0 Å². The summed E-state index contributed by atoms with van der Waals surface area (Å²) in [6.07, 6.45) is 0. The third-order valence-electron chi connectivity index (χ3n) is 30.9. The maximum absolute atomic E-state index is 6.37. The third kappa shape index (κ3) is 10.8. The van der Waals surface area contributed by atoms with Gasteiger partial charge in [0, 0.05) is 133 Å². The molecule has 0 saturated carbocycles. The lowest BCUT2D eigenvalue weighted by atomic mass is 9.92. The summed E-state index contributed by atoms with van der Waals surface area (Å²) in [5.74, 6) is 0. The van der Waals surface area contributed by atoms with Gasteiger partial charge in [-0.2, -0.15) is 0 Å². The molecule has 0 amide bonds. The number of nitrogens with zero attached hydrogens (tertiary/aromatic N) is 8. The monoisotopic (exact) mass is 1860 g/mol. The number of hydrogen-bond donors (Lipinski definition) is 0. The van der Waals surface area contributed by atoms with E-state index >= 15 is 0 Å². The van der Waals surface area contributed by atoms with Crippen molar-refractivity contribution in [2.75, 3.05) is 0 Å². The molecule has 12 aromatic heterocycles. The van der Waals surface area contributed by atoms with Gasteiger partial charge in [-0.15, -0.1) is 22.7 Å². The number of thiophene rings is 2. The number of rotatable bonds is 0. The number of para-hydroxylation sites is 10. The number of imidazole rings is 4. The molecule has 0 N–H and O–H groups in total. The highest BCUT2D eigenvalue weighted by Gasteiger charge is 2.28. The minimum atomic E-state index is 0.896. The van der Waals surface area contributed by atoms with E-state index in [-0.39, 0.29) is 0 Å². The summed E-state index contributed by atoms with van der Waals surface area (Å²) in [5.41, 5.74) is 20.9. The Morgan fingerprint density at radius 2 is 0.368 bits per heavy atom. The largest absolute Gasteiger partial charge is 0.456 e. The molecule has 0 aliphatic carbocycles. The second kappa shape index (κ2) is 29.4. The maximum Gasteiger partial charge on any atom is 0.147 e. The third-order valence-corrected chi connectivity index (χ3v) is 33.2. The van der Waals surface area contributed by atoms with Gasteiger partial charge in [-0.05, 0) is 201 Å². The summed E-state index contributed by atoms with van der Waals surface area (Å²) in [4.78, 5) is 20.9. The molecule has 0 atom stereocenters. The van der Waals surface area contributed by atoms with Crippen LogP contribution in [-0.2, 0) is 0 Å². The summed E-state index contributed by atoms with van der Waals surface area (Å²) in [6.45, 7) is 0. The average Bonchev–Trinajstić information content (AvgIpc) is 1.47. The first-order valence-electron chi connectivity index (χ1n) is 49.0. The fraction of sp³-hybridized carbons (Fsp3) is 0. The Morgan fingerprint density at radius 3 is 0.722 bits per heavy atom. The number of pyridine rings is 4. The minimum Gasteiger partial charge on any atom is -0.456 e. The number of aromatic nitrogens is 8. The predicted octanol–water partition coefficient (Wildman–Crippen LogP) is 36.9. The van der Waals surface area contributed by atoms with Crippen LogP contribution in [0, 0.1) is 0 Å². The van der Waals surface area contributed by atoms with Crippen molar-refractivity contribution in [3.8, 4) is 0 Å². The summed E-state index contributed by atoms with van der Waals surface area (Å²) >= 11 is 3.75. The molecule has 0 spiro atoms. The molecule has 0 unspecified atom stereocenters. The Labute approximate surface area is 823 Å². The Kier molecular flexibility index (Phi) is 16.0. The number of fused-ring (bicyclic) bond motifs is 64. The summed E-state index contributed by atoms with van der Waals surface area (Å²) in [6, 6.07) is 157. The van der Waals surface area contributed by atoms with Crippen molar-refractivity contribution in [1.29, 1.82) is 0 Å². The van der Waals surface area contributed by atoms with Crippen molar-refractivity contribution in [1.82, 2.24) is 37.5 Å². The van der Waals surface area contributed by atoms with Gasteiger partial charge in [0.05, 0.1) is 66.2 Å². The second-order valence-electron chi connectivity index (χ2n) is 38.3. The van der Waals surface area contributed by atoms with E-state index in [2.05, 4.69) is 430 Å². The van der Waals surface area contributed by atoms with E-state index in [9.17, 15) is 0 Å². The van der Waals surface area contributed by atoms with E-state index in [0.717, 1.165) is 122 Å². The van der Waals surface area contributed by atoms with Crippen molar-refractivity contribution >= 4 is 346 Å². The SMILES string of the molecule is c1ccc2c(c1)nc1c3c4ccccc4c4ccccc4c3c3cc4c(cc3n21)oc1ccccc14.c1ccc2c(c1)nc1c3c4ccccc4c4ccccc4c3c3cc4c(cc3n21)sc1ccccc14.c1ccc2c(c1)nc1c3c4ccccc4c4ccccc4c3c3cc4oc5ccccc5c4cc3n21.c1ccc2c(c1)nc1c3c4ccccc4c4ccccc4c3c3cc4sc5ccccc5c4cc3n21. The first kappa shape index (κ1) is 78.2. The van der Waals surface area contributed by atoms with E-state index in [0.29, 0.717) is 0 Å². The Morgan fingerprint density at radius 1 is 0.139 bits per heavy atom. The molecule has 0 aliphatic rings. The zero-order chi connectivity index (χ0) is 93.5. The summed E-state index contributed by atoms with van der Waals surface area (Å²) in [7, 11) is 0. The average molecular weight is 1870 g/mol. The standard InChI is InChI=1S/2C33H18N2O.2C33H18N2S/c1-3-12-22-19(9-1)20-10-2-4-13-23(20)32-31(22)25-18-30-24(21-11-5-8-16-29(21)36-30)17-28(25)35-27-15-7-6-14-26(27)34-33(32)35;1-3-12-22-19(9-1)20-10-2-4-13-23(20)32-31(22)25-17-24-21-11-5-8-16-29(21)36-30(24)18-28(25)35-27-15-7-6-14-26(27)34-33(32)35;1-3-12-22-19(9-1)20-10-2-4-13-23(20)32-31(22)25-18-30-24(21-11-5-8-16-29(21)36-30)17-28(25)35-27-15-7-6-14-26(27)34-33(32)35;1-3-12-22-19(9-1)20-10-2-4-13-23(20)32-31(22)25-17-24-21-11-5-8-16-29(21)36-30(24)18-28(25)35-27-15-7-6-14-26(27)34-33(32)35/h4*1-18H. The van der Waals surface area contributed by atoms with Crippen molar-refractivity contribution in [3.05, 3.63) is 437 Å². The highest BCUT2D eigenvalue weighted by molar-refractivity contribution is 7.26. The molecule has 36 aromatic rings. The highest BCUT2D eigenvalue weighted by atomic mass is 32.1. The maximum atomic E-state index is 6.37. The quantitative estimate of drug-likeness (QED) is 0.140. The predicted molar refractivity (Wildman–Crippen MR) is 611 cm³/mol. The Bertz CT molecular complexity index is 11500. The lowest BCUT2D eigenvalue weighted by Crippen LogP contribution is -1.94. The second-order valence-corrected chi connectivity index (χ2v) is 40.4. The molecule has 12 heterocycles. The van der Waals surface area contributed by atoms with Gasteiger partial charge in [-0.25, -0.2) is 19.9 Å². The molecular formula is C132H72N8O2S2. The van der Waals surface area contributed by atoms with E-state index in [1.54, 1.807) is 0 Å². The first-order chi connectivity index (χ1) is 71.5. The van der Waals surface area contributed by atoms with Gasteiger partial charge in [0.25, 0.3) is 0 Å². The van der Waals surface area contributed by atoms with Crippen LogP contribution in [0.3, 0.4) is 0 Å². The molecule has 0 radical (unpaired) electrons. The van der Waals surface area contributed by atoms with Gasteiger partial charge in [0.1, 0.15) is 44.9 Å². The van der Waals surface area contributed by atoms with Crippen LogP contribution >= 0.6 is 22.7 Å². The van der Waals surface area contributed by atoms with Crippen molar-refractivity contribution in [2.45, 2.75) is 0 Å². The van der Waals surface area contributed by atoms with Crippen LogP contribution in [0.25, 0.3) is 324 Å². The van der Waals surface area contributed by atoms with Crippen LogP contribution in [0.5, 0.6) is 0 Å². The molecular weight excluding hydrogens is 1790 g/mol. The topological polar surface area (TPSA) is 95.5 Å². The zero-order valence-corrected chi connectivity index (χ0v) is 78.4. The first-order valence-corrected chi connectivity index (χ1v) is 50.6. The fourth-order valence-electron chi connectivity index (χ4n) is 24.9. The molecule has 24 aromatic carbocycles. The van der Waals surface area contributed by atoms with Gasteiger partial charge in [-0.3, -0.25) is 17.6 Å². The Hall–Kier alpha value is -18.7. The van der Waals surface area contributed by atoms with Crippen LogP contribution < -0.4 is 0 Å². The van der Waals surface area contributed by atoms with Crippen LogP contribution in [0.4, 0.5) is 0 Å². The molecule has 12 heteroatoms. The lowest BCUT2D eigenvalue weighted by Gasteiger charge is -2.15. The van der Waals surface area contributed by atoms with Crippen molar-refractivity contribution in [3.63, 3.8) is 0 Å². The molecule has 144 heavy (non-hydrogen) atoms. The van der Waals surface area contributed by atoms with Gasteiger partial charge >= 0.3 is 0 Å². The lowest BCUT2D eigenvalue weighted by molar-refractivity contribution is 0.669. The molecule has 0 saturated heterocycles. The molecule has 36 rings (SSSR count). The summed E-state index contributed by atoms with van der Waals surface area (Å²) < 4.78 is 27.4. The number of hydrogen-bond acceptors (Lipinski definition) is 8. The van der Waals surface area contributed by atoms with Crippen molar-refractivity contribution in [2.24, 2.45) is 0 Å². The zero-order valence-electron chi connectivity index (χ0n) is 76.8. The van der Waals surface area contributed by atoms with E-state index in [1.807, 2.05) is 46.9 Å². The molecule has 0 aliphatic heterocycles. The fourth-order valence-corrected chi connectivity index (χ4v) is 27.2. The molecule has 0 fully saturated rings. The Balaban J connectivity index is 0.0000000844. The van der Waals surface area contributed by atoms with Crippen LogP contribution in [0.1, 0.15) is 0 Å². The summed E-state index contributed by atoms with van der Waals surface area (Å²) in [5, 5.41) is 44.8. The van der Waals surface area contributed by atoms with Crippen LogP contribution in [-0.4, -0.2) is 37.5 Å². The van der Waals surface area contributed by atoms with Crippen LogP contribution in [0.2, 0.25) is 0 Å².